The molecule has 242 valence electrons. The second-order valence-electron chi connectivity index (χ2n) is 11.4. The lowest BCUT2D eigenvalue weighted by Gasteiger charge is -2.30. The number of carboxylic acid groups (broad SMARTS) is 1. The summed E-state index contributed by atoms with van der Waals surface area (Å²) in [6.45, 7) is 2.20. The third kappa shape index (κ3) is 6.84. The van der Waals surface area contributed by atoms with Crippen molar-refractivity contribution in [3.63, 3.8) is 0 Å². The monoisotopic (exact) mass is 640 g/mol. The summed E-state index contributed by atoms with van der Waals surface area (Å²) in [5, 5.41) is 13.3. The molecule has 46 heavy (non-hydrogen) atoms. The average molecular weight is 641 g/mol. The minimum absolute atomic E-state index is 0.00683. The van der Waals surface area contributed by atoms with E-state index in [1.54, 1.807) is 41.3 Å². The first-order valence-corrected chi connectivity index (χ1v) is 14.8. The maximum absolute atomic E-state index is 14.9. The van der Waals surface area contributed by atoms with Gasteiger partial charge in [0.1, 0.15) is 23.8 Å². The van der Waals surface area contributed by atoms with Crippen LogP contribution in [0.25, 0.3) is 21.9 Å². The van der Waals surface area contributed by atoms with Gasteiger partial charge in [0.25, 0.3) is 5.91 Å². The fraction of sp³-hybridized carbons (Fsp3) is 0.314. The zero-order valence-electron chi connectivity index (χ0n) is 25.3. The first-order valence-electron chi connectivity index (χ1n) is 14.8. The van der Waals surface area contributed by atoms with E-state index in [2.05, 4.69) is 5.32 Å². The van der Waals surface area contributed by atoms with E-state index in [1.807, 2.05) is 0 Å². The van der Waals surface area contributed by atoms with E-state index in [-0.39, 0.29) is 53.8 Å². The molecule has 0 aliphatic carbocycles. The third-order valence-corrected chi connectivity index (χ3v) is 8.43. The van der Waals surface area contributed by atoms with E-state index in [0.29, 0.717) is 35.0 Å². The predicted molar refractivity (Wildman–Crippen MR) is 164 cm³/mol. The van der Waals surface area contributed by atoms with Gasteiger partial charge in [-0.05, 0) is 64.9 Å². The standard InChI is InChI=1S/C35H33F5N2O4/c1-20-6-3-11-27(37)30(20)33(43)41-28(34(44)45)18-21-7-4-9-25-24(21)8-5-10-26(25)31-29(46-2)13-12-22(32(31)35(38,39)40)19-42-16-14-23(36)15-17-42/h3-13,23,28H,14-19H2,1-2H3,(H,41,43)(H,44,45)/t28-/m0/s1. The quantitative estimate of drug-likeness (QED) is 0.187. The molecular weight excluding hydrogens is 607 g/mol. The van der Waals surface area contributed by atoms with Crippen LogP contribution in [0.4, 0.5) is 22.0 Å². The molecule has 0 unspecified atom stereocenters. The number of piperidine rings is 1. The molecule has 1 saturated heterocycles. The molecule has 4 aromatic carbocycles. The minimum Gasteiger partial charge on any atom is -0.496 e. The maximum atomic E-state index is 14.9. The molecule has 4 aromatic rings. The van der Waals surface area contributed by atoms with E-state index in [1.165, 1.54) is 38.3 Å². The van der Waals surface area contributed by atoms with Crippen molar-refractivity contribution in [2.75, 3.05) is 20.2 Å². The van der Waals surface area contributed by atoms with Gasteiger partial charge < -0.3 is 15.2 Å². The number of ether oxygens (including phenoxy) is 1. The molecule has 2 N–H and O–H groups in total. The van der Waals surface area contributed by atoms with Crippen LogP contribution in [-0.4, -0.2) is 54.3 Å². The van der Waals surface area contributed by atoms with Gasteiger partial charge in [-0.2, -0.15) is 13.2 Å². The van der Waals surface area contributed by atoms with Crippen LogP contribution in [0.5, 0.6) is 5.75 Å². The molecule has 1 amide bonds. The van der Waals surface area contributed by atoms with Crippen LogP contribution < -0.4 is 10.1 Å². The van der Waals surface area contributed by atoms with Crippen molar-refractivity contribution in [3.05, 3.63) is 100 Å². The number of benzene rings is 4. The fourth-order valence-corrected chi connectivity index (χ4v) is 6.16. The van der Waals surface area contributed by atoms with Crippen molar-refractivity contribution in [1.82, 2.24) is 10.2 Å². The molecule has 6 nitrogen and oxygen atoms in total. The molecule has 5 rings (SSSR count). The Bertz CT molecular complexity index is 1750. The van der Waals surface area contributed by atoms with Gasteiger partial charge in [-0.1, -0.05) is 54.6 Å². The van der Waals surface area contributed by atoms with Gasteiger partial charge in [0.05, 0.1) is 18.2 Å². The van der Waals surface area contributed by atoms with Gasteiger partial charge in [-0.25, -0.2) is 13.6 Å². The first kappa shape index (κ1) is 32.9. The fourth-order valence-electron chi connectivity index (χ4n) is 6.16. The number of nitrogens with zero attached hydrogens (tertiary/aromatic N) is 1. The Morgan fingerprint density at radius 1 is 0.978 bits per heavy atom. The summed E-state index contributed by atoms with van der Waals surface area (Å²) in [6, 6.07) is 15.2. The SMILES string of the molecule is COc1ccc(CN2CCC(F)CC2)c(C(F)(F)F)c1-c1cccc2c(C[C@H](NC(=O)c3c(C)cccc3F)C(=O)O)cccc12. The molecule has 0 spiro atoms. The number of rotatable bonds is 9. The summed E-state index contributed by atoms with van der Waals surface area (Å²) >= 11 is 0. The van der Waals surface area contributed by atoms with E-state index >= 15 is 0 Å². The zero-order chi connectivity index (χ0) is 33.2. The number of aliphatic carboxylic acids is 1. The number of aryl methyl sites for hydroxylation is 1. The number of hydrogen-bond donors (Lipinski definition) is 2. The van der Waals surface area contributed by atoms with Crippen LogP contribution in [0.2, 0.25) is 0 Å². The predicted octanol–water partition coefficient (Wildman–Crippen LogP) is 7.34. The smallest absolute Gasteiger partial charge is 0.417 e. The molecule has 0 radical (unpaired) electrons. The number of amides is 1. The summed E-state index contributed by atoms with van der Waals surface area (Å²) in [5.74, 6) is -3.04. The summed E-state index contributed by atoms with van der Waals surface area (Å²) in [6.07, 6.45) is -5.43. The second kappa shape index (κ2) is 13.5. The molecule has 0 saturated carbocycles. The molecular formula is C35H33F5N2O4. The largest absolute Gasteiger partial charge is 0.496 e. The minimum atomic E-state index is -4.76. The van der Waals surface area contributed by atoms with Gasteiger partial charge in [0, 0.05) is 31.6 Å². The van der Waals surface area contributed by atoms with Crippen molar-refractivity contribution in [3.8, 4) is 16.9 Å². The molecule has 1 atom stereocenters. The number of carbonyl (C=O) groups excluding carboxylic acids is 1. The lowest BCUT2D eigenvalue weighted by molar-refractivity contribution is -0.139. The average Bonchev–Trinajstić information content (AvgIpc) is 3.00. The number of nitrogens with one attached hydrogen (secondary N) is 1. The van der Waals surface area contributed by atoms with Crippen molar-refractivity contribution >= 4 is 22.6 Å². The summed E-state index contributed by atoms with van der Waals surface area (Å²) < 4.78 is 78.4. The van der Waals surface area contributed by atoms with Crippen molar-refractivity contribution in [1.29, 1.82) is 0 Å². The maximum Gasteiger partial charge on any atom is 0.417 e. The number of hydrogen-bond acceptors (Lipinski definition) is 4. The van der Waals surface area contributed by atoms with Gasteiger partial charge in [0.15, 0.2) is 0 Å². The van der Waals surface area contributed by atoms with E-state index in [4.69, 9.17) is 4.74 Å². The Labute approximate surface area is 262 Å². The third-order valence-electron chi connectivity index (χ3n) is 8.43. The van der Waals surface area contributed by atoms with E-state index in [0.717, 1.165) is 6.07 Å². The van der Waals surface area contributed by atoms with Crippen molar-refractivity contribution in [2.45, 2.75) is 51.1 Å². The molecule has 0 aromatic heterocycles. The molecule has 11 heteroatoms. The van der Waals surface area contributed by atoms with Crippen LogP contribution in [0, 0.1) is 12.7 Å². The molecule has 1 heterocycles. The zero-order valence-corrected chi connectivity index (χ0v) is 25.3. The lowest BCUT2D eigenvalue weighted by atomic mass is 9.88. The molecule has 1 aliphatic rings. The van der Waals surface area contributed by atoms with Crippen LogP contribution in [-0.2, 0) is 23.9 Å². The Morgan fingerprint density at radius 2 is 1.65 bits per heavy atom. The molecule has 1 aliphatic heterocycles. The van der Waals surface area contributed by atoms with Crippen LogP contribution in [0.3, 0.4) is 0 Å². The van der Waals surface area contributed by atoms with Crippen LogP contribution in [0.15, 0.2) is 66.7 Å². The summed E-state index contributed by atoms with van der Waals surface area (Å²) in [4.78, 5) is 27.0. The highest BCUT2D eigenvalue weighted by molar-refractivity contribution is 6.01. The van der Waals surface area contributed by atoms with Crippen molar-refractivity contribution < 1.29 is 41.4 Å². The highest BCUT2D eigenvalue weighted by Gasteiger charge is 2.39. The van der Waals surface area contributed by atoms with Gasteiger partial charge in [0.2, 0.25) is 0 Å². The second-order valence-corrected chi connectivity index (χ2v) is 11.4. The van der Waals surface area contributed by atoms with E-state index < -0.39 is 41.6 Å². The van der Waals surface area contributed by atoms with E-state index in [9.17, 15) is 36.6 Å². The van der Waals surface area contributed by atoms with Crippen LogP contribution >= 0.6 is 0 Å². The Kier molecular flexibility index (Phi) is 9.62. The summed E-state index contributed by atoms with van der Waals surface area (Å²) in [7, 11) is 1.29. The molecule has 0 bridgehead atoms. The summed E-state index contributed by atoms with van der Waals surface area (Å²) in [5.41, 5.74) is -0.238. The normalized spacial score (nSPS) is 15.1. The Hall–Kier alpha value is -4.51. The highest BCUT2D eigenvalue weighted by Crippen LogP contribution is 2.47. The van der Waals surface area contributed by atoms with Gasteiger partial charge in [-0.15, -0.1) is 0 Å². The lowest BCUT2D eigenvalue weighted by Crippen LogP contribution is -2.42. The Balaban J connectivity index is 1.57. The number of carboxylic acids is 1. The number of alkyl halides is 4. The number of fused-ring (bicyclic) bond motifs is 1. The van der Waals surface area contributed by atoms with Crippen molar-refractivity contribution in [2.24, 2.45) is 0 Å². The highest BCUT2D eigenvalue weighted by atomic mass is 19.4. The Morgan fingerprint density at radius 3 is 2.30 bits per heavy atom. The molecule has 1 fully saturated rings. The first-order chi connectivity index (χ1) is 21.9. The number of carbonyl (C=O) groups is 2. The van der Waals surface area contributed by atoms with Crippen LogP contribution in [0.1, 0.15) is 45.5 Å². The number of likely N-dealkylation sites (tertiary alicyclic amines) is 1. The number of methoxy groups -OCH3 is 1. The topological polar surface area (TPSA) is 78.9 Å². The number of halogens is 5. The van der Waals surface area contributed by atoms with Gasteiger partial charge in [-0.3, -0.25) is 9.69 Å². The van der Waals surface area contributed by atoms with Gasteiger partial charge >= 0.3 is 12.1 Å².